The summed E-state index contributed by atoms with van der Waals surface area (Å²) < 4.78 is 5.86. The third-order valence-electron chi connectivity index (χ3n) is 3.59. The van der Waals surface area contributed by atoms with Crippen LogP contribution in [-0.4, -0.2) is 36.0 Å². The van der Waals surface area contributed by atoms with Crippen molar-refractivity contribution in [3.8, 4) is 5.75 Å². The van der Waals surface area contributed by atoms with Crippen LogP contribution in [0.3, 0.4) is 0 Å². The number of ether oxygens (including phenoxy) is 1. The van der Waals surface area contributed by atoms with E-state index in [4.69, 9.17) is 22.1 Å². The van der Waals surface area contributed by atoms with E-state index in [2.05, 4.69) is 0 Å². The maximum absolute atomic E-state index is 12.2. The Labute approximate surface area is 124 Å². The fraction of sp³-hybridized carbons (Fsp3) is 0.533. The highest BCUT2D eigenvalue weighted by Crippen LogP contribution is 2.26. The smallest absolute Gasteiger partial charge is 0.239 e. The van der Waals surface area contributed by atoms with Gasteiger partial charge in [-0.15, -0.1) is 0 Å². The summed E-state index contributed by atoms with van der Waals surface area (Å²) in [6.45, 7) is 5.17. The minimum atomic E-state index is -0.436. The van der Waals surface area contributed by atoms with Gasteiger partial charge in [-0.3, -0.25) is 4.79 Å². The second kappa shape index (κ2) is 6.46. The van der Waals surface area contributed by atoms with Gasteiger partial charge in [0.1, 0.15) is 11.9 Å². The number of carbonyl (C=O) groups is 1. The second-order valence-electron chi connectivity index (χ2n) is 5.51. The number of para-hydroxylation sites is 1. The van der Waals surface area contributed by atoms with E-state index in [1.165, 1.54) is 0 Å². The van der Waals surface area contributed by atoms with Gasteiger partial charge < -0.3 is 15.4 Å². The number of nitrogens with zero attached hydrogens (tertiary/aromatic N) is 1. The van der Waals surface area contributed by atoms with E-state index in [-0.39, 0.29) is 17.9 Å². The Bertz CT molecular complexity index is 479. The van der Waals surface area contributed by atoms with E-state index in [9.17, 15) is 4.79 Å². The van der Waals surface area contributed by atoms with E-state index in [1.807, 2.05) is 32.0 Å². The van der Waals surface area contributed by atoms with Gasteiger partial charge in [0.25, 0.3) is 0 Å². The first-order valence-corrected chi connectivity index (χ1v) is 7.32. The summed E-state index contributed by atoms with van der Waals surface area (Å²) in [7, 11) is 0. The Balaban J connectivity index is 1.93. The highest BCUT2D eigenvalue weighted by Gasteiger charge is 2.31. The molecular formula is C15H21ClN2O2. The molecular weight excluding hydrogens is 276 g/mol. The molecule has 1 aliphatic rings. The lowest BCUT2D eigenvalue weighted by Crippen LogP contribution is -2.46. The molecule has 4 nitrogen and oxygen atoms in total. The molecule has 110 valence electrons. The first kappa shape index (κ1) is 15.1. The third-order valence-corrected chi connectivity index (χ3v) is 3.90. The topological polar surface area (TPSA) is 55.6 Å². The number of halogens is 1. The molecule has 2 N–H and O–H groups in total. The third kappa shape index (κ3) is 3.44. The number of hydrogen-bond donors (Lipinski definition) is 1. The van der Waals surface area contributed by atoms with Crippen LogP contribution in [0.5, 0.6) is 5.75 Å². The molecule has 0 saturated carbocycles. The Morgan fingerprint density at radius 3 is 2.80 bits per heavy atom. The fourth-order valence-electron chi connectivity index (χ4n) is 2.24. The van der Waals surface area contributed by atoms with Crippen LogP contribution in [-0.2, 0) is 4.79 Å². The van der Waals surface area contributed by atoms with Gasteiger partial charge in [0, 0.05) is 13.0 Å². The maximum Gasteiger partial charge on any atom is 0.239 e. The molecule has 0 unspecified atom stereocenters. The van der Waals surface area contributed by atoms with Gasteiger partial charge in [-0.2, -0.15) is 0 Å². The molecule has 1 aromatic rings. The fourth-order valence-corrected chi connectivity index (χ4v) is 2.42. The molecule has 2 rings (SSSR count). The zero-order valence-electron chi connectivity index (χ0n) is 11.9. The lowest BCUT2D eigenvalue weighted by atomic mass is 10.0. The Morgan fingerprint density at radius 1 is 1.45 bits per heavy atom. The summed E-state index contributed by atoms with van der Waals surface area (Å²) in [6, 6.07) is 6.94. The largest absolute Gasteiger partial charge is 0.487 e. The van der Waals surface area contributed by atoms with E-state index < -0.39 is 6.04 Å². The van der Waals surface area contributed by atoms with Crippen LogP contribution in [0.25, 0.3) is 0 Å². The maximum atomic E-state index is 12.2. The average Bonchev–Trinajstić information content (AvgIpc) is 2.88. The molecule has 1 saturated heterocycles. The van der Waals surface area contributed by atoms with Crippen LogP contribution in [0.2, 0.25) is 5.02 Å². The molecule has 1 aromatic carbocycles. The van der Waals surface area contributed by atoms with Crippen molar-refractivity contribution in [2.24, 2.45) is 11.7 Å². The van der Waals surface area contributed by atoms with Crippen molar-refractivity contribution >= 4 is 17.5 Å². The van der Waals surface area contributed by atoms with E-state index in [0.29, 0.717) is 23.9 Å². The number of hydrogen-bond acceptors (Lipinski definition) is 3. The SMILES string of the molecule is CC(C)[C@H](N)C(=O)N1CC[C@H](Oc2ccccc2Cl)C1. The van der Waals surface area contributed by atoms with Crippen molar-refractivity contribution < 1.29 is 9.53 Å². The van der Waals surface area contributed by atoms with Crippen molar-refractivity contribution in [1.82, 2.24) is 4.90 Å². The van der Waals surface area contributed by atoms with E-state index in [1.54, 1.807) is 11.0 Å². The van der Waals surface area contributed by atoms with Gasteiger partial charge in [0.2, 0.25) is 5.91 Å². The lowest BCUT2D eigenvalue weighted by Gasteiger charge is -2.23. The summed E-state index contributed by atoms with van der Waals surface area (Å²) in [6.07, 6.45) is 0.792. The Morgan fingerprint density at radius 2 is 2.15 bits per heavy atom. The predicted molar refractivity (Wildman–Crippen MR) is 79.9 cm³/mol. The zero-order valence-corrected chi connectivity index (χ0v) is 12.6. The quantitative estimate of drug-likeness (QED) is 0.927. The van der Waals surface area contributed by atoms with Crippen LogP contribution in [0, 0.1) is 5.92 Å². The van der Waals surface area contributed by atoms with Gasteiger partial charge in [-0.1, -0.05) is 37.6 Å². The molecule has 2 atom stereocenters. The van der Waals surface area contributed by atoms with Crippen molar-refractivity contribution in [3.63, 3.8) is 0 Å². The molecule has 0 aromatic heterocycles. The van der Waals surface area contributed by atoms with Gasteiger partial charge in [-0.05, 0) is 18.1 Å². The highest BCUT2D eigenvalue weighted by molar-refractivity contribution is 6.32. The molecule has 1 fully saturated rings. The number of nitrogens with two attached hydrogens (primary N) is 1. The van der Waals surface area contributed by atoms with Crippen molar-refractivity contribution in [3.05, 3.63) is 29.3 Å². The van der Waals surface area contributed by atoms with Crippen LogP contribution in [0.1, 0.15) is 20.3 Å². The van der Waals surface area contributed by atoms with Gasteiger partial charge in [-0.25, -0.2) is 0 Å². The number of carbonyl (C=O) groups excluding carboxylic acids is 1. The van der Waals surface area contributed by atoms with Gasteiger partial charge in [0.15, 0.2) is 0 Å². The molecule has 1 aliphatic heterocycles. The summed E-state index contributed by atoms with van der Waals surface area (Å²) in [5, 5.41) is 0.594. The Kier molecular flexibility index (Phi) is 4.89. The first-order valence-electron chi connectivity index (χ1n) is 6.94. The summed E-state index contributed by atoms with van der Waals surface area (Å²) in [5.41, 5.74) is 5.91. The molecule has 1 amide bonds. The molecule has 0 spiro atoms. The highest BCUT2D eigenvalue weighted by atomic mass is 35.5. The first-order chi connectivity index (χ1) is 9.49. The minimum Gasteiger partial charge on any atom is -0.487 e. The summed E-state index contributed by atoms with van der Waals surface area (Å²) in [4.78, 5) is 14.0. The summed E-state index contributed by atoms with van der Waals surface area (Å²) in [5.74, 6) is 0.818. The van der Waals surface area contributed by atoms with E-state index >= 15 is 0 Å². The number of rotatable bonds is 4. The molecule has 0 aliphatic carbocycles. The molecule has 0 bridgehead atoms. The lowest BCUT2D eigenvalue weighted by molar-refractivity contribution is -0.132. The molecule has 20 heavy (non-hydrogen) atoms. The standard InChI is InChI=1S/C15H21ClN2O2/c1-10(2)14(17)15(19)18-8-7-11(9-18)20-13-6-4-3-5-12(13)16/h3-6,10-11,14H,7-9,17H2,1-2H3/t11-,14-/m0/s1. The number of benzene rings is 1. The predicted octanol–water partition coefficient (Wildman–Crippen LogP) is 2.30. The van der Waals surface area contributed by atoms with Crippen molar-refractivity contribution in [2.75, 3.05) is 13.1 Å². The average molecular weight is 297 g/mol. The summed E-state index contributed by atoms with van der Waals surface area (Å²) >= 11 is 6.07. The molecule has 1 heterocycles. The van der Waals surface area contributed by atoms with Crippen molar-refractivity contribution in [1.29, 1.82) is 0 Å². The molecule has 5 heteroatoms. The van der Waals surface area contributed by atoms with Crippen molar-refractivity contribution in [2.45, 2.75) is 32.4 Å². The van der Waals surface area contributed by atoms with Crippen LogP contribution >= 0.6 is 11.6 Å². The second-order valence-corrected chi connectivity index (χ2v) is 5.92. The number of likely N-dealkylation sites (tertiary alicyclic amines) is 1. The van der Waals surface area contributed by atoms with Gasteiger partial charge in [0.05, 0.1) is 17.6 Å². The van der Waals surface area contributed by atoms with Gasteiger partial charge >= 0.3 is 0 Å². The molecule has 0 radical (unpaired) electrons. The monoisotopic (exact) mass is 296 g/mol. The van der Waals surface area contributed by atoms with Crippen LogP contribution < -0.4 is 10.5 Å². The minimum absolute atomic E-state index is 0.00487. The van der Waals surface area contributed by atoms with Crippen LogP contribution in [0.15, 0.2) is 24.3 Å². The van der Waals surface area contributed by atoms with E-state index in [0.717, 1.165) is 6.42 Å². The Hall–Kier alpha value is -1.26. The zero-order chi connectivity index (χ0) is 14.7. The van der Waals surface area contributed by atoms with Crippen LogP contribution in [0.4, 0.5) is 0 Å². The number of amides is 1. The normalized spacial score (nSPS) is 20.2.